The summed E-state index contributed by atoms with van der Waals surface area (Å²) in [5.41, 5.74) is 10.3. The van der Waals surface area contributed by atoms with Crippen molar-refractivity contribution in [3.05, 3.63) is 53.6 Å². The van der Waals surface area contributed by atoms with Crippen LogP contribution in [-0.2, 0) is 23.0 Å². The van der Waals surface area contributed by atoms with Gasteiger partial charge in [0.2, 0.25) is 10.0 Å². The number of hydrogen-bond donors (Lipinski definition) is 1. The summed E-state index contributed by atoms with van der Waals surface area (Å²) in [5.74, 6) is 0. The molecule has 2 N–H and O–H groups in total. The molecule has 0 saturated heterocycles. The average molecular weight is 345 g/mol. The molecule has 1 aliphatic rings. The Balaban J connectivity index is 1.90. The molecule has 0 amide bonds. The van der Waals surface area contributed by atoms with Crippen LogP contribution < -0.4 is 10.6 Å². The first kappa shape index (κ1) is 16.8. The molecule has 0 aromatic heterocycles. The molecule has 1 aliphatic heterocycles. The van der Waals surface area contributed by atoms with Crippen LogP contribution in [0.5, 0.6) is 0 Å². The molecule has 6 heteroatoms. The molecule has 2 aromatic carbocycles. The zero-order valence-electron chi connectivity index (χ0n) is 14.1. The van der Waals surface area contributed by atoms with Gasteiger partial charge in [0.1, 0.15) is 0 Å². The number of rotatable bonds is 4. The lowest BCUT2D eigenvalue weighted by Gasteiger charge is -2.32. The van der Waals surface area contributed by atoms with Crippen molar-refractivity contribution in [2.24, 2.45) is 0 Å². The number of benzene rings is 2. The fourth-order valence-corrected chi connectivity index (χ4v) is 4.10. The predicted octanol–water partition coefficient (Wildman–Crippen LogP) is 2.47. The Morgan fingerprint density at radius 2 is 1.92 bits per heavy atom. The van der Waals surface area contributed by atoms with E-state index in [1.807, 2.05) is 18.2 Å². The van der Waals surface area contributed by atoms with Crippen LogP contribution in [0.25, 0.3) is 0 Å². The van der Waals surface area contributed by atoms with Crippen molar-refractivity contribution in [3.8, 4) is 0 Å². The lowest BCUT2D eigenvalue weighted by Crippen LogP contribution is -2.29. The van der Waals surface area contributed by atoms with E-state index < -0.39 is 10.0 Å². The van der Waals surface area contributed by atoms with Crippen LogP contribution in [-0.4, -0.2) is 33.4 Å². The molecule has 0 fully saturated rings. The smallest absolute Gasteiger partial charge is 0.242 e. The van der Waals surface area contributed by atoms with Crippen LogP contribution in [0.1, 0.15) is 17.5 Å². The second kappa shape index (κ2) is 6.45. The average Bonchev–Trinajstić information content (AvgIpc) is 2.56. The van der Waals surface area contributed by atoms with Gasteiger partial charge in [-0.15, -0.1) is 0 Å². The minimum Gasteiger partial charge on any atom is -0.398 e. The van der Waals surface area contributed by atoms with E-state index in [9.17, 15) is 8.42 Å². The molecule has 0 radical (unpaired) electrons. The molecule has 0 unspecified atom stereocenters. The molecule has 128 valence electrons. The summed E-state index contributed by atoms with van der Waals surface area (Å²) in [6.07, 6.45) is 2.05. The summed E-state index contributed by atoms with van der Waals surface area (Å²) in [4.78, 5) is 2.60. The van der Waals surface area contributed by atoms with E-state index in [2.05, 4.69) is 11.0 Å². The third-order valence-electron chi connectivity index (χ3n) is 4.43. The monoisotopic (exact) mass is 345 g/mol. The van der Waals surface area contributed by atoms with Crippen LogP contribution in [0, 0.1) is 0 Å². The third kappa shape index (κ3) is 3.12. The normalized spacial score (nSPS) is 14.7. The molecule has 0 spiro atoms. The number of nitrogens with zero attached hydrogens (tertiary/aromatic N) is 2. The predicted molar refractivity (Wildman–Crippen MR) is 97.5 cm³/mol. The summed E-state index contributed by atoms with van der Waals surface area (Å²) in [6, 6.07) is 13.2. The Labute approximate surface area is 143 Å². The van der Waals surface area contributed by atoms with Gasteiger partial charge in [-0.25, -0.2) is 12.7 Å². The Morgan fingerprint density at radius 3 is 2.67 bits per heavy atom. The number of anilines is 2. The van der Waals surface area contributed by atoms with Gasteiger partial charge in [0.05, 0.1) is 4.90 Å². The van der Waals surface area contributed by atoms with E-state index in [0.29, 0.717) is 11.4 Å². The first-order valence-electron chi connectivity index (χ1n) is 8.03. The van der Waals surface area contributed by atoms with Gasteiger partial charge in [-0.1, -0.05) is 18.2 Å². The molecule has 0 bridgehead atoms. The van der Waals surface area contributed by atoms with Gasteiger partial charge in [-0.05, 0) is 48.2 Å². The second-order valence-corrected chi connectivity index (χ2v) is 8.46. The minimum absolute atomic E-state index is 0.329. The van der Waals surface area contributed by atoms with E-state index in [1.54, 1.807) is 32.3 Å². The Kier molecular flexibility index (Phi) is 4.51. The topological polar surface area (TPSA) is 66.6 Å². The molecule has 3 rings (SSSR count). The van der Waals surface area contributed by atoms with Gasteiger partial charge in [-0.3, -0.25) is 0 Å². The lowest BCUT2D eigenvalue weighted by molar-refractivity contribution is 0.520. The molecule has 1 heterocycles. The highest BCUT2D eigenvalue weighted by atomic mass is 32.2. The molecule has 24 heavy (non-hydrogen) atoms. The maximum Gasteiger partial charge on any atom is 0.242 e. The Hall–Kier alpha value is -2.05. The zero-order valence-corrected chi connectivity index (χ0v) is 14.9. The lowest BCUT2D eigenvalue weighted by atomic mass is 9.99. The van der Waals surface area contributed by atoms with Crippen molar-refractivity contribution in [2.45, 2.75) is 24.3 Å². The van der Waals surface area contributed by atoms with Crippen LogP contribution in [0.4, 0.5) is 11.4 Å². The van der Waals surface area contributed by atoms with Crippen LogP contribution in [0.2, 0.25) is 0 Å². The molecule has 0 saturated carbocycles. The van der Waals surface area contributed by atoms with Crippen LogP contribution in [0.3, 0.4) is 0 Å². The Morgan fingerprint density at radius 1 is 1.17 bits per heavy atom. The summed E-state index contributed by atoms with van der Waals surface area (Å²) < 4.78 is 25.9. The van der Waals surface area contributed by atoms with E-state index >= 15 is 0 Å². The third-order valence-corrected chi connectivity index (χ3v) is 6.24. The molecular weight excluding hydrogens is 322 g/mol. The molecule has 5 nitrogen and oxygen atoms in total. The number of nitrogens with two attached hydrogens (primary N) is 1. The number of fused-ring (bicyclic) bond motifs is 1. The first-order valence-corrected chi connectivity index (χ1v) is 9.47. The van der Waals surface area contributed by atoms with Crippen molar-refractivity contribution >= 4 is 21.4 Å². The molecule has 0 atom stereocenters. The van der Waals surface area contributed by atoms with Crippen molar-refractivity contribution in [2.75, 3.05) is 31.3 Å². The maximum atomic E-state index is 12.3. The summed E-state index contributed by atoms with van der Waals surface area (Å²) in [6.45, 7) is 1.62. The van der Waals surface area contributed by atoms with Gasteiger partial charge in [0.25, 0.3) is 0 Å². The van der Waals surface area contributed by atoms with Crippen molar-refractivity contribution in [3.63, 3.8) is 0 Å². The highest BCUT2D eigenvalue weighted by Crippen LogP contribution is 2.32. The minimum atomic E-state index is -3.41. The second-order valence-electron chi connectivity index (χ2n) is 6.30. The molecule has 2 aromatic rings. The van der Waals surface area contributed by atoms with Gasteiger partial charge >= 0.3 is 0 Å². The standard InChI is InChI=1S/C18H23N3O2S/c1-20(2)24(22,23)15-7-3-6-14(12-15)13-21-11-5-8-16-17(19)9-4-10-18(16)21/h3-4,6-7,9-10,12H,5,8,11,13,19H2,1-2H3. The molecule has 0 aliphatic carbocycles. The van der Waals surface area contributed by atoms with Gasteiger partial charge in [-0.2, -0.15) is 0 Å². The van der Waals surface area contributed by atoms with Gasteiger partial charge in [0.15, 0.2) is 0 Å². The zero-order chi connectivity index (χ0) is 17.3. The Bertz CT molecular complexity index is 847. The van der Waals surface area contributed by atoms with Gasteiger partial charge in [0, 0.05) is 38.6 Å². The highest BCUT2D eigenvalue weighted by molar-refractivity contribution is 7.89. The van der Waals surface area contributed by atoms with Crippen molar-refractivity contribution in [1.82, 2.24) is 4.31 Å². The van der Waals surface area contributed by atoms with E-state index in [4.69, 9.17) is 5.73 Å². The fraction of sp³-hybridized carbons (Fsp3) is 0.333. The number of sulfonamides is 1. The fourth-order valence-electron chi connectivity index (χ4n) is 3.13. The van der Waals surface area contributed by atoms with Gasteiger partial charge < -0.3 is 10.6 Å². The SMILES string of the molecule is CN(C)S(=O)(=O)c1cccc(CN2CCCc3c(N)cccc32)c1. The maximum absolute atomic E-state index is 12.3. The number of hydrogen-bond acceptors (Lipinski definition) is 4. The quantitative estimate of drug-likeness (QED) is 0.865. The van der Waals surface area contributed by atoms with Crippen molar-refractivity contribution < 1.29 is 8.42 Å². The van der Waals surface area contributed by atoms with Crippen LogP contribution in [0.15, 0.2) is 47.4 Å². The summed E-state index contributed by atoms with van der Waals surface area (Å²) in [7, 11) is -0.318. The van der Waals surface area contributed by atoms with Crippen molar-refractivity contribution in [1.29, 1.82) is 0 Å². The van der Waals surface area contributed by atoms with Crippen LogP contribution >= 0.6 is 0 Å². The van der Waals surface area contributed by atoms with E-state index in [-0.39, 0.29) is 0 Å². The van der Waals surface area contributed by atoms with E-state index in [1.165, 1.54) is 9.87 Å². The first-order chi connectivity index (χ1) is 11.4. The molecular formula is C18H23N3O2S. The number of nitrogen functional groups attached to an aromatic ring is 1. The summed E-state index contributed by atoms with van der Waals surface area (Å²) >= 11 is 0. The highest BCUT2D eigenvalue weighted by Gasteiger charge is 2.20. The largest absolute Gasteiger partial charge is 0.398 e. The van der Waals surface area contributed by atoms with E-state index in [0.717, 1.165) is 36.3 Å². The summed E-state index contributed by atoms with van der Waals surface area (Å²) in [5, 5.41) is 0.